The van der Waals surface area contributed by atoms with E-state index < -0.39 is 22.3 Å². The number of aromatic nitrogens is 5. The second kappa shape index (κ2) is 7.37. The Bertz CT molecular complexity index is 977. The molecule has 0 aliphatic carbocycles. The summed E-state index contributed by atoms with van der Waals surface area (Å²) in [5.41, 5.74) is 0.295. The molecule has 0 spiro atoms. The average Bonchev–Trinajstić information content (AvgIpc) is 3.29. The SMILES string of the molecule is CCS(=O)(=O)N(Cc1ncc(-c2nnc(C(F)F)o2)s1)c1cncnc1. The lowest BCUT2D eigenvalue weighted by Gasteiger charge is -2.21. The van der Waals surface area contributed by atoms with E-state index in [0.717, 1.165) is 15.6 Å². The van der Waals surface area contributed by atoms with Crippen LogP contribution in [-0.2, 0) is 16.6 Å². The van der Waals surface area contributed by atoms with Crippen LogP contribution in [0.15, 0.2) is 29.3 Å². The van der Waals surface area contributed by atoms with E-state index in [0.29, 0.717) is 15.6 Å². The van der Waals surface area contributed by atoms with Gasteiger partial charge in [-0.25, -0.2) is 23.4 Å². The number of halogens is 2. The van der Waals surface area contributed by atoms with Crippen LogP contribution in [0.4, 0.5) is 14.5 Å². The molecule has 3 aromatic heterocycles. The van der Waals surface area contributed by atoms with Crippen molar-refractivity contribution in [3.63, 3.8) is 0 Å². The Morgan fingerprint density at radius 1 is 1.23 bits per heavy atom. The van der Waals surface area contributed by atoms with Gasteiger partial charge in [-0.05, 0) is 6.92 Å². The molecule has 9 nitrogen and oxygen atoms in total. The fraction of sp³-hybridized carbons (Fsp3) is 0.308. The quantitative estimate of drug-likeness (QED) is 0.591. The minimum Gasteiger partial charge on any atom is -0.414 e. The van der Waals surface area contributed by atoms with Crippen molar-refractivity contribution in [1.82, 2.24) is 25.1 Å². The second-order valence-electron chi connectivity index (χ2n) is 4.87. The van der Waals surface area contributed by atoms with Gasteiger partial charge in [-0.15, -0.1) is 21.5 Å². The summed E-state index contributed by atoms with van der Waals surface area (Å²) in [6, 6.07) is 0. The van der Waals surface area contributed by atoms with E-state index >= 15 is 0 Å². The zero-order chi connectivity index (χ0) is 18.7. The van der Waals surface area contributed by atoms with Gasteiger partial charge in [0.2, 0.25) is 10.0 Å². The summed E-state index contributed by atoms with van der Waals surface area (Å²) in [6.07, 6.45) is 2.54. The average molecular weight is 402 g/mol. The fourth-order valence-corrected chi connectivity index (χ4v) is 3.91. The molecule has 0 saturated carbocycles. The van der Waals surface area contributed by atoms with Crippen molar-refractivity contribution >= 4 is 27.0 Å². The Kier molecular flexibility index (Phi) is 5.18. The molecule has 138 valence electrons. The first-order valence-corrected chi connectivity index (χ1v) is 9.65. The monoisotopic (exact) mass is 402 g/mol. The van der Waals surface area contributed by atoms with Crippen molar-refractivity contribution in [2.75, 3.05) is 10.1 Å². The van der Waals surface area contributed by atoms with Crippen molar-refractivity contribution in [3.8, 4) is 10.8 Å². The van der Waals surface area contributed by atoms with Gasteiger partial charge in [-0.3, -0.25) is 4.31 Å². The van der Waals surface area contributed by atoms with Gasteiger partial charge in [-0.2, -0.15) is 8.78 Å². The minimum absolute atomic E-state index is 0.0654. The maximum absolute atomic E-state index is 12.5. The number of nitrogens with zero attached hydrogens (tertiary/aromatic N) is 6. The Hall–Kier alpha value is -2.54. The molecule has 0 radical (unpaired) electrons. The van der Waals surface area contributed by atoms with E-state index in [1.54, 1.807) is 0 Å². The smallest absolute Gasteiger partial charge is 0.314 e. The first kappa shape index (κ1) is 18.3. The van der Waals surface area contributed by atoms with Crippen molar-refractivity contribution in [2.24, 2.45) is 0 Å². The Morgan fingerprint density at radius 3 is 2.58 bits per heavy atom. The summed E-state index contributed by atoms with van der Waals surface area (Å²) in [5.74, 6) is -1.01. The zero-order valence-corrected chi connectivity index (χ0v) is 14.9. The predicted octanol–water partition coefficient (Wildman–Crippen LogP) is 2.28. The van der Waals surface area contributed by atoms with E-state index in [-0.39, 0.29) is 18.2 Å². The highest BCUT2D eigenvalue weighted by Gasteiger charge is 2.24. The van der Waals surface area contributed by atoms with Crippen LogP contribution in [-0.4, -0.2) is 39.3 Å². The number of anilines is 1. The highest BCUT2D eigenvalue weighted by Crippen LogP contribution is 2.29. The molecule has 0 unspecified atom stereocenters. The van der Waals surface area contributed by atoms with E-state index in [9.17, 15) is 17.2 Å². The lowest BCUT2D eigenvalue weighted by molar-refractivity contribution is 0.116. The number of hydrogen-bond acceptors (Lipinski definition) is 9. The molecule has 0 N–H and O–H groups in total. The van der Waals surface area contributed by atoms with E-state index in [4.69, 9.17) is 4.42 Å². The molecule has 0 fully saturated rings. The number of alkyl halides is 2. The predicted molar refractivity (Wildman–Crippen MR) is 88.0 cm³/mol. The number of thiazole rings is 1. The highest BCUT2D eigenvalue weighted by atomic mass is 32.2. The lowest BCUT2D eigenvalue weighted by Crippen LogP contribution is -2.32. The molecule has 0 aliphatic rings. The topological polar surface area (TPSA) is 115 Å². The van der Waals surface area contributed by atoms with Crippen LogP contribution in [0.25, 0.3) is 10.8 Å². The molecule has 0 aromatic carbocycles. The lowest BCUT2D eigenvalue weighted by atomic mass is 10.5. The van der Waals surface area contributed by atoms with Crippen LogP contribution in [0.2, 0.25) is 0 Å². The van der Waals surface area contributed by atoms with Gasteiger partial charge in [-0.1, -0.05) is 0 Å². The van der Waals surface area contributed by atoms with Gasteiger partial charge < -0.3 is 4.42 Å². The molecule has 0 aliphatic heterocycles. The number of hydrogen-bond donors (Lipinski definition) is 0. The standard InChI is InChI=1S/C13H12F2N6O3S2/c1-2-26(22,23)21(8-3-16-7-17-4-8)6-10-18-5-9(25-10)12-19-20-13(24-12)11(14)15/h3-5,7,11H,2,6H2,1H3. The molecule has 26 heavy (non-hydrogen) atoms. The molecule has 0 amide bonds. The zero-order valence-electron chi connectivity index (χ0n) is 13.3. The van der Waals surface area contributed by atoms with Gasteiger partial charge in [0.25, 0.3) is 11.8 Å². The maximum atomic E-state index is 12.5. The van der Waals surface area contributed by atoms with Crippen molar-refractivity contribution in [1.29, 1.82) is 0 Å². The van der Waals surface area contributed by atoms with Crippen molar-refractivity contribution in [3.05, 3.63) is 35.8 Å². The first-order chi connectivity index (χ1) is 12.4. The first-order valence-electron chi connectivity index (χ1n) is 7.22. The fourth-order valence-electron chi connectivity index (χ4n) is 1.95. The van der Waals surface area contributed by atoms with E-state index in [1.807, 2.05) is 0 Å². The van der Waals surface area contributed by atoms with Crippen molar-refractivity contribution < 1.29 is 21.6 Å². The van der Waals surface area contributed by atoms with Crippen LogP contribution in [0, 0.1) is 0 Å². The van der Waals surface area contributed by atoms with Crippen LogP contribution >= 0.6 is 11.3 Å². The van der Waals surface area contributed by atoms with E-state index in [1.165, 1.54) is 31.8 Å². The summed E-state index contributed by atoms with van der Waals surface area (Å²) < 4.78 is 55.8. The van der Waals surface area contributed by atoms with Crippen molar-refractivity contribution in [2.45, 2.75) is 19.9 Å². The largest absolute Gasteiger partial charge is 0.414 e. The third-order valence-electron chi connectivity index (χ3n) is 3.21. The van der Waals surface area contributed by atoms with Crippen LogP contribution in [0.5, 0.6) is 0 Å². The second-order valence-corrected chi connectivity index (χ2v) is 8.17. The number of rotatable bonds is 7. The molecule has 3 heterocycles. The molecule has 3 rings (SSSR count). The summed E-state index contributed by atoms with van der Waals surface area (Å²) in [5, 5.41) is 7.21. The van der Waals surface area contributed by atoms with Crippen LogP contribution < -0.4 is 4.31 Å². The Balaban J connectivity index is 1.87. The number of sulfonamides is 1. The van der Waals surface area contributed by atoms with E-state index in [2.05, 4.69) is 25.1 Å². The minimum atomic E-state index is -3.60. The summed E-state index contributed by atoms with van der Waals surface area (Å²) >= 11 is 1.06. The normalized spacial score (nSPS) is 11.8. The molecular weight excluding hydrogens is 390 g/mol. The molecule has 0 saturated heterocycles. The molecule has 13 heteroatoms. The third kappa shape index (κ3) is 3.83. The van der Waals surface area contributed by atoms with Crippen LogP contribution in [0.3, 0.4) is 0 Å². The molecule has 3 aromatic rings. The van der Waals surface area contributed by atoms with Gasteiger partial charge in [0.15, 0.2) is 0 Å². The third-order valence-corrected chi connectivity index (χ3v) is 5.92. The molecule has 0 atom stereocenters. The van der Waals surface area contributed by atoms with Gasteiger partial charge in [0.05, 0.1) is 36.6 Å². The highest BCUT2D eigenvalue weighted by molar-refractivity contribution is 7.92. The van der Waals surface area contributed by atoms with Gasteiger partial charge in [0, 0.05) is 0 Å². The maximum Gasteiger partial charge on any atom is 0.314 e. The van der Waals surface area contributed by atoms with Gasteiger partial charge in [0.1, 0.15) is 16.2 Å². The van der Waals surface area contributed by atoms with Crippen LogP contribution in [0.1, 0.15) is 24.2 Å². The molecular formula is C13H12F2N6O3S2. The molecule has 0 bridgehead atoms. The Morgan fingerprint density at radius 2 is 1.96 bits per heavy atom. The van der Waals surface area contributed by atoms with Gasteiger partial charge >= 0.3 is 6.43 Å². The summed E-state index contributed by atoms with van der Waals surface area (Å²) in [4.78, 5) is 12.1. The summed E-state index contributed by atoms with van der Waals surface area (Å²) in [6.45, 7) is 1.45. The Labute approximate surface area is 150 Å². The summed E-state index contributed by atoms with van der Waals surface area (Å²) in [7, 11) is -3.60.